The second-order valence-electron chi connectivity index (χ2n) is 4.82. The van der Waals surface area contributed by atoms with Crippen LogP contribution in [0.2, 0.25) is 0 Å². The maximum atomic E-state index is 13.2. The molecule has 1 nitrogen and oxygen atoms in total. The van der Waals surface area contributed by atoms with E-state index in [4.69, 9.17) is 0 Å². The highest BCUT2D eigenvalue weighted by Gasteiger charge is 2.23. The Morgan fingerprint density at radius 3 is 2.40 bits per heavy atom. The summed E-state index contributed by atoms with van der Waals surface area (Å²) in [5, 5.41) is 9.77. The standard InChI is InChI=1S/C12H16F2O/c1-12(2,3)11(15)7-8-6-9(13)4-5-10(8)14/h4-6,11,15H,7H2,1-3H3. The van der Waals surface area contributed by atoms with Gasteiger partial charge in [0.2, 0.25) is 0 Å². The monoisotopic (exact) mass is 214 g/mol. The molecule has 0 fully saturated rings. The molecule has 0 heterocycles. The maximum Gasteiger partial charge on any atom is 0.126 e. The van der Waals surface area contributed by atoms with Gasteiger partial charge >= 0.3 is 0 Å². The minimum Gasteiger partial charge on any atom is -0.392 e. The van der Waals surface area contributed by atoms with E-state index in [0.29, 0.717) is 0 Å². The third kappa shape index (κ3) is 3.27. The second kappa shape index (κ2) is 4.27. The number of benzene rings is 1. The van der Waals surface area contributed by atoms with Crippen LogP contribution < -0.4 is 0 Å². The predicted molar refractivity (Wildman–Crippen MR) is 55.5 cm³/mol. The average molecular weight is 214 g/mol. The minimum absolute atomic E-state index is 0.132. The van der Waals surface area contributed by atoms with Gasteiger partial charge in [-0.2, -0.15) is 0 Å². The maximum absolute atomic E-state index is 13.2. The lowest BCUT2D eigenvalue weighted by Crippen LogP contribution is -2.28. The number of hydrogen-bond donors (Lipinski definition) is 1. The molecule has 84 valence electrons. The lowest BCUT2D eigenvalue weighted by Gasteiger charge is -2.25. The van der Waals surface area contributed by atoms with Gasteiger partial charge in [0.05, 0.1) is 6.10 Å². The minimum atomic E-state index is -0.686. The van der Waals surface area contributed by atoms with Gasteiger partial charge in [0.1, 0.15) is 11.6 Å². The Morgan fingerprint density at radius 1 is 1.27 bits per heavy atom. The van der Waals surface area contributed by atoms with Gasteiger partial charge in [-0.15, -0.1) is 0 Å². The van der Waals surface area contributed by atoms with Crippen molar-refractivity contribution in [2.45, 2.75) is 33.3 Å². The Morgan fingerprint density at radius 2 is 1.87 bits per heavy atom. The highest BCUT2D eigenvalue weighted by Crippen LogP contribution is 2.23. The van der Waals surface area contributed by atoms with Crippen molar-refractivity contribution in [2.24, 2.45) is 5.41 Å². The molecule has 1 atom stereocenters. The summed E-state index contributed by atoms with van der Waals surface area (Å²) >= 11 is 0. The molecule has 1 aromatic carbocycles. The SMILES string of the molecule is CC(C)(C)C(O)Cc1cc(F)ccc1F. The Balaban J connectivity index is 2.85. The predicted octanol–water partition coefficient (Wildman–Crippen LogP) is 2.91. The van der Waals surface area contributed by atoms with Crippen LogP contribution in [0, 0.1) is 17.0 Å². The number of hydrogen-bond acceptors (Lipinski definition) is 1. The topological polar surface area (TPSA) is 20.2 Å². The van der Waals surface area contributed by atoms with E-state index >= 15 is 0 Å². The molecule has 0 aromatic heterocycles. The first kappa shape index (κ1) is 12.1. The van der Waals surface area contributed by atoms with Crippen LogP contribution in [-0.2, 0) is 6.42 Å². The van der Waals surface area contributed by atoms with E-state index in [1.54, 1.807) is 0 Å². The van der Waals surface area contributed by atoms with Gasteiger partial charge in [-0.25, -0.2) is 8.78 Å². The zero-order valence-corrected chi connectivity index (χ0v) is 9.22. The van der Waals surface area contributed by atoms with Crippen LogP contribution in [0.4, 0.5) is 8.78 Å². The van der Waals surface area contributed by atoms with Gasteiger partial charge in [0.25, 0.3) is 0 Å². The fourth-order valence-electron chi connectivity index (χ4n) is 1.21. The third-order valence-electron chi connectivity index (χ3n) is 2.42. The molecule has 1 unspecified atom stereocenters. The molecule has 0 bridgehead atoms. The molecule has 0 aliphatic rings. The summed E-state index contributed by atoms with van der Waals surface area (Å²) in [6, 6.07) is 3.28. The number of halogens is 2. The van der Waals surface area contributed by atoms with Crippen LogP contribution in [0.5, 0.6) is 0 Å². The summed E-state index contributed by atoms with van der Waals surface area (Å²) in [4.78, 5) is 0. The van der Waals surface area contributed by atoms with Crippen molar-refractivity contribution < 1.29 is 13.9 Å². The first-order valence-corrected chi connectivity index (χ1v) is 4.92. The molecule has 1 N–H and O–H groups in total. The van der Waals surface area contributed by atoms with Crippen molar-refractivity contribution in [3.05, 3.63) is 35.4 Å². The summed E-state index contributed by atoms with van der Waals surface area (Å²) in [6.07, 6.45) is -0.554. The van der Waals surface area contributed by atoms with Gasteiger partial charge in [-0.1, -0.05) is 20.8 Å². The van der Waals surface area contributed by atoms with Crippen LogP contribution >= 0.6 is 0 Å². The van der Waals surface area contributed by atoms with Crippen LogP contribution in [0.15, 0.2) is 18.2 Å². The Labute approximate surface area is 88.7 Å². The van der Waals surface area contributed by atoms with E-state index in [-0.39, 0.29) is 17.4 Å². The number of aliphatic hydroxyl groups is 1. The molecular weight excluding hydrogens is 198 g/mol. The van der Waals surface area contributed by atoms with E-state index in [0.717, 1.165) is 18.2 Å². The van der Waals surface area contributed by atoms with Crippen molar-refractivity contribution in [3.63, 3.8) is 0 Å². The average Bonchev–Trinajstić information content (AvgIpc) is 2.09. The van der Waals surface area contributed by atoms with Gasteiger partial charge < -0.3 is 5.11 Å². The zero-order chi connectivity index (χ0) is 11.6. The highest BCUT2D eigenvalue weighted by molar-refractivity contribution is 5.19. The lowest BCUT2D eigenvalue weighted by atomic mass is 9.85. The molecule has 0 aliphatic carbocycles. The van der Waals surface area contributed by atoms with E-state index in [9.17, 15) is 13.9 Å². The molecule has 3 heteroatoms. The van der Waals surface area contributed by atoms with Crippen molar-refractivity contribution in [3.8, 4) is 0 Å². The Hall–Kier alpha value is -0.960. The normalized spacial score (nSPS) is 14.0. The fourth-order valence-corrected chi connectivity index (χ4v) is 1.21. The van der Waals surface area contributed by atoms with Crippen molar-refractivity contribution in [1.82, 2.24) is 0 Å². The van der Waals surface area contributed by atoms with Gasteiger partial charge in [-0.3, -0.25) is 0 Å². The van der Waals surface area contributed by atoms with E-state index in [2.05, 4.69) is 0 Å². The molecule has 1 rings (SSSR count). The third-order valence-corrected chi connectivity index (χ3v) is 2.42. The zero-order valence-electron chi connectivity index (χ0n) is 9.22. The highest BCUT2D eigenvalue weighted by atomic mass is 19.1. The van der Waals surface area contributed by atoms with Crippen molar-refractivity contribution >= 4 is 0 Å². The van der Waals surface area contributed by atoms with E-state index in [1.807, 2.05) is 20.8 Å². The Kier molecular flexibility index (Phi) is 3.45. The Bertz CT molecular complexity index is 342. The van der Waals surface area contributed by atoms with Gasteiger partial charge in [0.15, 0.2) is 0 Å². The van der Waals surface area contributed by atoms with E-state index < -0.39 is 17.7 Å². The summed E-state index contributed by atoms with van der Waals surface area (Å²) in [5.74, 6) is -0.952. The number of rotatable bonds is 2. The summed E-state index contributed by atoms with van der Waals surface area (Å²) in [5.41, 5.74) is -0.115. The lowest BCUT2D eigenvalue weighted by molar-refractivity contribution is 0.0628. The first-order valence-electron chi connectivity index (χ1n) is 4.92. The molecule has 0 spiro atoms. The summed E-state index contributed by atoms with van der Waals surface area (Å²) < 4.78 is 26.1. The summed E-state index contributed by atoms with van der Waals surface area (Å²) in [6.45, 7) is 5.57. The van der Waals surface area contributed by atoms with Crippen molar-refractivity contribution in [2.75, 3.05) is 0 Å². The second-order valence-corrected chi connectivity index (χ2v) is 4.82. The summed E-state index contributed by atoms with van der Waals surface area (Å²) in [7, 11) is 0. The molecule has 0 saturated carbocycles. The van der Waals surface area contributed by atoms with Crippen molar-refractivity contribution in [1.29, 1.82) is 0 Å². The van der Waals surface area contributed by atoms with Gasteiger partial charge in [-0.05, 0) is 29.2 Å². The molecule has 0 amide bonds. The molecule has 0 radical (unpaired) electrons. The quantitative estimate of drug-likeness (QED) is 0.802. The molecular formula is C12H16F2O. The molecule has 0 saturated heterocycles. The first-order chi connectivity index (χ1) is 6.80. The smallest absolute Gasteiger partial charge is 0.126 e. The van der Waals surface area contributed by atoms with Crippen LogP contribution in [-0.4, -0.2) is 11.2 Å². The fraction of sp³-hybridized carbons (Fsp3) is 0.500. The molecule has 1 aromatic rings. The molecule has 15 heavy (non-hydrogen) atoms. The van der Waals surface area contributed by atoms with Crippen LogP contribution in [0.1, 0.15) is 26.3 Å². The van der Waals surface area contributed by atoms with Gasteiger partial charge in [0, 0.05) is 6.42 Å². The molecule has 0 aliphatic heterocycles. The van der Waals surface area contributed by atoms with E-state index in [1.165, 1.54) is 0 Å². The van der Waals surface area contributed by atoms with Crippen LogP contribution in [0.3, 0.4) is 0 Å². The largest absolute Gasteiger partial charge is 0.392 e. The number of aliphatic hydroxyl groups excluding tert-OH is 1. The van der Waals surface area contributed by atoms with Crippen LogP contribution in [0.25, 0.3) is 0 Å².